The molecule has 0 bridgehead atoms. The predicted octanol–water partition coefficient (Wildman–Crippen LogP) is 0.798. The first-order valence-corrected chi connectivity index (χ1v) is 5.58. The first-order valence-electron chi connectivity index (χ1n) is 5.58. The molecule has 2 atom stereocenters. The van der Waals surface area contributed by atoms with Crippen molar-refractivity contribution in [3.8, 4) is 0 Å². The van der Waals surface area contributed by atoms with Crippen LogP contribution in [-0.2, 0) is 9.53 Å². The maximum atomic E-state index is 11.2. The van der Waals surface area contributed by atoms with Crippen LogP contribution < -0.4 is 11.1 Å². The molecule has 0 aromatic heterocycles. The van der Waals surface area contributed by atoms with Gasteiger partial charge in [-0.3, -0.25) is 10.1 Å². The van der Waals surface area contributed by atoms with Gasteiger partial charge in [-0.1, -0.05) is 12.8 Å². The van der Waals surface area contributed by atoms with Crippen molar-refractivity contribution in [2.75, 3.05) is 7.11 Å². The fourth-order valence-electron chi connectivity index (χ4n) is 2.08. The van der Waals surface area contributed by atoms with Crippen LogP contribution >= 0.6 is 0 Å². The molecular weight excluding hydrogens is 192 g/mol. The van der Waals surface area contributed by atoms with Crippen LogP contribution in [0.5, 0.6) is 0 Å². The normalized spacial score (nSPS) is 27.7. The average molecular weight is 214 g/mol. The zero-order valence-electron chi connectivity index (χ0n) is 9.88. The van der Waals surface area contributed by atoms with Crippen LogP contribution in [0.4, 0.5) is 0 Å². The number of carbonyl (C=O) groups excluding carboxylic acids is 1. The summed E-state index contributed by atoms with van der Waals surface area (Å²) in [5, 5.41) is 3.30. The van der Waals surface area contributed by atoms with Crippen LogP contribution in [0.25, 0.3) is 0 Å². The molecule has 4 heteroatoms. The van der Waals surface area contributed by atoms with Crippen molar-refractivity contribution in [3.05, 3.63) is 0 Å². The van der Waals surface area contributed by atoms with E-state index in [1.165, 1.54) is 12.8 Å². The molecule has 3 N–H and O–H groups in total. The lowest BCUT2D eigenvalue weighted by Crippen LogP contribution is -2.58. The Balaban J connectivity index is 2.58. The van der Waals surface area contributed by atoms with Crippen LogP contribution in [0.3, 0.4) is 0 Å². The molecule has 15 heavy (non-hydrogen) atoms. The lowest BCUT2D eigenvalue weighted by molar-refractivity contribution is -0.124. The van der Waals surface area contributed by atoms with Gasteiger partial charge < -0.3 is 10.5 Å². The number of nitrogens with one attached hydrogen (secondary N) is 1. The van der Waals surface area contributed by atoms with Gasteiger partial charge >= 0.3 is 0 Å². The number of ether oxygens (including phenoxy) is 1. The van der Waals surface area contributed by atoms with E-state index in [9.17, 15) is 4.79 Å². The van der Waals surface area contributed by atoms with E-state index >= 15 is 0 Å². The second kappa shape index (κ2) is 4.94. The minimum absolute atomic E-state index is 0.206. The topological polar surface area (TPSA) is 64.3 Å². The third-order valence-electron chi connectivity index (χ3n) is 3.17. The Bertz CT molecular complexity index is 229. The number of methoxy groups -OCH3 is 1. The molecular formula is C11H22N2O2. The summed E-state index contributed by atoms with van der Waals surface area (Å²) >= 11 is 0. The average Bonchev–Trinajstić information content (AvgIpc) is 2.18. The summed E-state index contributed by atoms with van der Waals surface area (Å²) in [4.78, 5) is 11.2. The van der Waals surface area contributed by atoms with Gasteiger partial charge in [-0.15, -0.1) is 0 Å². The highest BCUT2D eigenvalue weighted by Gasteiger charge is 2.33. The Kier molecular flexibility index (Phi) is 4.11. The van der Waals surface area contributed by atoms with Gasteiger partial charge in [0.1, 0.15) is 0 Å². The van der Waals surface area contributed by atoms with Crippen molar-refractivity contribution < 1.29 is 9.53 Å². The van der Waals surface area contributed by atoms with E-state index in [0.717, 1.165) is 12.8 Å². The fraction of sp³-hybridized carbons (Fsp3) is 0.909. The summed E-state index contributed by atoms with van der Waals surface area (Å²) < 4.78 is 5.41. The van der Waals surface area contributed by atoms with Crippen LogP contribution in [0.15, 0.2) is 0 Å². The smallest absolute Gasteiger partial charge is 0.237 e. The molecule has 0 aromatic rings. The molecule has 0 spiro atoms. The number of rotatable bonds is 4. The zero-order valence-corrected chi connectivity index (χ0v) is 9.88. The second-order valence-corrected chi connectivity index (χ2v) is 4.80. The summed E-state index contributed by atoms with van der Waals surface area (Å²) in [6.07, 6.45) is 4.70. The molecule has 0 saturated heterocycles. The summed E-state index contributed by atoms with van der Waals surface area (Å²) in [5.74, 6) is -0.317. The van der Waals surface area contributed by atoms with Gasteiger partial charge in [0.2, 0.25) is 5.91 Å². The third-order valence-corrected chi connectivity index (χ3v) is 3.17. The summed E-state index contributed by atoms with van der Waals surface area (Å²) in [6, 6.07) is 0.242. The van der Waals surface area contributed by atoms with Gasteiger partial charge in [-0.2, -0.15) is 0 Å². The highest BCUT2D eigenvalue weighted by Crippen LogP contribution is 2.22. The number of hydrogen-bond donors (Lipinski definition) is 2. The summed E-state index contributed by atoms with van der Waals surface area (Å²) in [7, 11) is 1.72. The predicted molar refractivity (Wildman–Crippen MR) is 59.5 cm³/mol. The van der Waals surface area contributed by atoms with Crippen LogP contribution in [0.2, 0.25) is 0 Å². The van der Waals surface area contributed by atoms with E-state index < -0.39 is 5.54 Å². The number of hydrogen-bond acceptors (Lipinski definition) is 3. The van der Waals surface area contributed by atoms with E-state index in [2.05, 4.69) is 5.32 Å². The monoisotopic (exact) mass is 214 g/mol. The number of carbonyl (C=O) groups is 1. The maximum absolute atomic E-state index is 11.2. The lowest BCUT2D eigenvalue weighted by Gasteiger charge is -2.36. The van der Waals surface area contributed by atoms with Crippen molar-refractivity contribution >= 4 is 5.91 Å². The Morgan fingerprint density at radius 2 is 2.00 bits per heavy atom. The van der Waals surface area contributed by atoms with E-state index in [0.29, 0.717) is 0 Å². The van der Waals surface area contributed by atoms with E-state index in [1.807, 2.05) is 13.8 Å². The quantitative estimate of drug-likeness (QED) is 0.727. The molecule has 1 saturated carbocycles. The molecule has 0 aliphatic heterocycles. The van der Waals surface area contributed by atoms with Gasteiger partial charge in [0.25, 0.3) is 0 Å². The zero-order chi connectivity index (χ0) is 11.5. The molecule has 0 heterocycles. The first-order chi connectivity index (χ1) is 6.97. The van der Waals surface area contributed by atoms with Crippen molar-refractivity contribution in [3.63, 3.8) is 0 Å². The van der Waals surface area contributed by atoms with Crippen molar-refractivity contribution in [2.24, 2.45) is 5.73 Å². The molecule has 88 valence electrons. The van der Waals surface area contributed by atoms with Gasteiger partial charge in [0.05, 0.1) is 11.6 Å². The SMILES string of the molecule is COC1CCCCC1NC(C)(C)C(N)=O. The second-order valence-electron chi connectivity index (χ2n) is 4.80. The first kappa shape index (κ1) is 12.5. The minimum atomic E-state index is -0.654. The molecule has 1 rings (SSSR count). The van der Waals surface area contributed by atoms with Gasteiger partial charge in [-0.05, 0) is 26.7 Å². The van der Waals surface area contributed by atoms with Gasteiger partial charge in [0, 0.05) is 13.2 Å². The van der Waals surface area contributed by atoms with Crippen LogP contribution in [0.1, 0.15) is 39.5 Å². The minimum Gasteiger partial charge on any atom is -0.380 e. The summed E-state index contributed by atoms with van der Waals surface area (Å²) in [5.41, 5.74) is 4.68. The highest BCUT2D eigenvalue weighted by atomic mass is 16.5. The number of nitrogens with two attached hydrogens (primary N) is 1. The van der Waals surface area contributed by atoms with E-state index in [-0.39, 0.29) is 18.1 Å². The molecule has 1 aliphatic carbocycles. The van der Waals surface area contributed by atoms with E-state index in [1.54, 1.807) is 7.11 Å². The standard InChI is InChI=1S/C11H22N2O2/c1-11(2,10(12)14)13-8-6-4-5-7-9(8)15-3/h8-9,13H,4-7H2,1-3H3,(H2,12,14). The van der Waals surface area contributed by atoms with Gasteiger partial charge in [0.15, 0.2) is 0 Å². The molecule has 4 nitrogen and oxygen atoms in total. The number of primary amides is 1. The van der Waals surface area contributed by atoms with Crippen LogP contribution in [-0.4, -0.2) is 30.7 Å². The fourth-order valence-corrected chi connectivity index (χ4v) is 2.08. The Hall–Kier alpha value is -0.610. The Morgan fingerprint density at radius 1 is 1.40 bits per heavy atom. The van der Waals surface area contributed by atoms with Crippen molar-refractivity contribution in [1.82, 2.24) is 5.32 Å². The van der Waals surface area contributed by atoms with Crippen LogP contribution in [0, 0.1) is 0 Å². The highest BCUT2D eigenvalue weighted by molar-refractivity contribution is 5.83. The number of amides is 1. The molecule has 2 unspecified atom stereocenters. The molecule has 1 aliphatic rings. The maximum Gasteiger partial charge on any atom is 0.237 e. The van der Waals surface area contributed by atoms with Crippen molar-refractivity contribution in [2.45, 2.75) is 57.2 Å². The molecule has 0 radical (unpaired) electrons. The van der Waals surface area contributed by atoms with Crippen molar-refractivity contribution in [1.29, 1.82) is 0 Å². The lowest BCUT2D eigenvalue weighted by atomic mass is 9.90. The molecule has 0 aromatic carbocycles. The third kappa shape index (κ3) is 3.18. The van der Waals surface area contributed by atoms with Gasteiger partial charge in [-0.25, -0.2) is 0 Å². The van der Waals surface area contributed by atoms with E-state index in [4.69, 9.17) is 10.5 Å². The Morgan fingerprint density at radius 3 is 2.53 bits per heavy atom. The molecule has 1 amide bonds. The molecule has 1 fully saturated rings. The largest absolute Gasteiger partial charge is 0.380 e. The Labute approximate surface area is 91.5 Å². The summed E-state index contributed by atoms with van der Waals surface area (Å²) in [6.45, 7) is 3.63.